The predicted octanol–water partition coefficient (Wildman–Crippen LogP) is 1.60. The summed E-state index contributed by atoms with van der Waals surface area (Å²) >= 11 is 1.60. The molecular weight excluding hydrogens is 312 g/mol. The van der Waals surface area contributed by atoms with E-state index in [0.717, 1.165) is 30.0 Å². The number of nitrogens with zero attached hydrogens (tertiary/aromatic N) is 2. The molecule has 2 amide bonds. The summed E-state index contributed by atoms with van der Waals surface area (Å²) < 4.78 is 0. The average Bonchev–Trinajstić information content (AvgIpc) is 2.97. The smallest absolute Gasteiger partial charge is 0.242 e. The minimum absolute atomic E-state index is 0.000110. The molecule has 0 saturated carbocycles. The fraction of sp³-hybridized carbons (Fsp3) is 0.688. The third-order valence-electron chi connectivity index (χ3n) is 4.18. The van der Waals surface area contributed by atoms with Crippen molar-refractivity contribution in [3.63, 3.8) is 0 Å². The Balaban J connectivity index is 1.97. The Morgan fingerprint density at radius 1 is 1.48 bits per heavy atom. The maximum absolute atomic E-state index is 12.5. The number of thiazole rings is 1. The maximum atomic E-state index is 12.5. The fourth-order valence-corrected chi connectivity index (χ4v) is 3.64. The molecule has 0 aliphatic carbocycles. The van der Waals surface area contributed by atoms with Crippen LogP contribution in [0.15, 0.2) is 5.38 Å². The number of aromatic nitrogens is 1. The number of aryl methyl sites for hydroxylation is 1. The first kappa shape index (κ1) is 17.9. The van der Waals surface area contributed by atoms with Gasteiger partial charge in [0.2, 0.25) is 11.8 Å². The van der Waals surface area contributed by atoms with E-state index in [1.807, 2.05) is 31.1 Å². The molecule has 0 aromatic carbocycles. The molecule has 1 saturated heterocycles. The van der Waals surface area contributed by atoms with Crippen LogP contribution in [0.1, 0.15) is 49.9 Å². The molecule has 2 atom stereocenters. The molecule has 3 N–H and O–H groups in total. The number of likely N-dealkylation sites (tertiary alicyclic amines) is 1. The Kier molecular flexibility index (Phi) is 6.12. The molecule has 7 heteroatoms. The lowest BCUT2D eigenvalue weighted by molar-refractivity contribution is -0.136. The van der Waals surface area contributed by atoms with E-state index in [4.69, 9.17) is 5.73 Å². The van der Waals surface area contributed by atoms with E-state index in [1.54, 1.807) is 11.3 Å². The van der Waals surface area contributed by atoms with E-state index < -0.39 is 6.04 Å². The van der Waals surface area contributed by atoms with Crippen molar-refractivity contribution in [3.8, 4) is 0 Å². The van der Waals surface area contributed by atoms with Crippen molar-refractivity contribution in [2.75, 3.05) is 13.1 Å². The molecule has 23 heavy (non-hydrogen) atoms. The molecule has 1 aromatic heterocycles. The molecule has 1 aliphatic heterocycles. The second-order valence-corrected chi connectivity index (χ2v) is 7.30. The van der Waals surface area contributed by atoms with Crippen LogP contribution >= 0.6 is 11.3 Å². The van der Waals surface area contributed by atoms with Gasteiger partial charge in [-0.3, -0.25) is 9.59 Å². The van der Waals surface area contributed by atoms with Crippen LogP contribution in [0, 0.1) is 12.8 Å². The second kappa shape index (κ2) is 7.88. The summed E-state index contributed by atoms with van der Waals surface area (Å²) in [7, 11) is 0. The number of hydrogen-bond acceptors (Lipinski definition) is 5. The van der Waals surface area contributed by atoms with Gasteiger partial charge in [0.15, 0.2) is 0 Å². The van der Waals surface area contributed by atoms with Crippen LogP contribution in [0.5, 0.6) is 0 Å². The van der Waals surface area contributed by atoms with Crippen LogP contribution in [-0.2, 0) is 9.59 Å². The Morgan fingerprint density at radius 3 is 2.83 bits per heavy atom. The Hall–Kier alpha value is -1.47. The summed E-state index contributed by atoms with van der Waals surface area (Å²) in [6, 6.07) is -0.549. The van der Waals surface area contributed by atoms with Crippen molar-refractivity contribution in [1.29, 1.82) is 0 Å². The zero-order chi connectivity index (χ0) is 17.0. The first-order chi connectivity index (χ1) is 10.9. The van der Waals surface area contributed by atoms with Gasteiger partial charge in [-0.1, -0.05) is 13.8 Å². The molecule has 1 unspecified atom stereocenters. The van der Waals surface area contributed by atoms with Crippen molar-refractivity contribution in [2.24, 2.45) is 11.7 Å². The van der Waals surface area contributed by atoms with Gasteiger partial charge in [0.05, 0.1) is 18.6 Å². The Labute approximate surface area is 141 Å². The van der Waals surface area contributed by atoms with Gasteiger partial charge >= 0.3 is 0 Å². The van der Waals surface area contributed by atoms with Gasteiger partial charge in [-0.15, -0.1) is 11.3 Å². The Morgan fingerprint density at radius 2 is 2.22 bits per heavy atom. The van der Waals surface area contributed by atoms with Gasteiger partial charge in [-0.2, -0.15) is 0 Å². The van der Waals surface area contributed by atoms with Gasteiger partial charge < -0.3 is 16.0 Å². The zero-order valence-corrected chi connectivity index (χ0v) is 14.9. The first-order valence-corrected chi connectivity index (χ1v) is 9.03. The lowest BCUT2D eigenvalue weighted by atomic mass is 10.0. The van der Waals surface area contributed by atoms with E-state index >= 15 is 0 Å². The van der Waals surface area contributed by atoms with E-state index in [9.17, 15) is 9.59 Å². The second-order valence-electron chi connectivity index (χ2n) is 6.41. The molecule has 6 nitrogen and oxygen atoms in total. The van der Waals surface area contributed by atoms with Gasteiger partial charge in [0.25, 0.3) is 0 Å². The molecule has 2 rings (SSSR count). The number of hydrogen-bond donors (Lipinski definition) is 2. The highest BCUT2D eigenvalue weighted by Crippen LogP contribution is 2.32. The topological polar surface area (TPSA) is 88.3 Å². The average molecular weight is 338 g/mol. The van der Waals surface area contributed by atoms with Gasteiger partial charge in [-0.05, 0) is 32.1 Å². The molecule has 128 valence electrons. The first-order valence-electron chi connectivity index (χ1n) is 8.15. The van der Waals surface area contributed by atoms with Crippen molar-refractivity contribution >= 4 is 23.2 Å². The highest BCUT2D eigenvalue weighted by molar-refractivity contribution is 7.09. The van der Waals surface area contributed by atoms with Crippen LogP contribution < -0.4 is 11.1 Å². The molecule has 2 heterocycles. The van der Waals surface area contributed by atoms with Crippen LogP contribution in [0.4, 0.5) is 0 Å². The van der Waals surface area contributed by atoms with E-state index in [-0.39, 0.29) is 30.3 Å². The lowest BCUT2D eigenvalue weighted by Crippen LogP contribution is -2.49. The minimum atomic E-state index is -0.582. The van der Waals surface area contributed by atoms with Crippen molar-refractivity contribution in [1.82, 2.24) is 15.2 Å². The molecule has 0 radical (unpaired) electrons. The monoisotopic (exact) mass is 338 g/mol. The number of amides is 2. The summed E-state index contributed by atoms with van der Waals surface area (Å²) in [5.41, 5.74) is 6.79. The highest BCUT2D eigenvalue weighted by Gasteiger charge is 2.30. The highest BCUT2D eigenvalue weighted by atomic mass is 32.1. The standard InChI is InChI=1S/C16H26N4O2S/c1-10(2)14(17)15(22)18-8-13(21)20-7-5-4-6-12(20)16-19-11(3)9-23-16/h9-10,12,14H,4-8,17H2,1-3H3,(H,18,22)/t12?,14-/m0/s1. The molecule has 1 aromatic rings. The Bertz CT molecular complexity index is 558. The SMILES string of the molecule is Cc1csc(C2CCCCN2C(=O)CNC(=O)[C@@H](N)C(C)C)n1. The van der Waals surface area contributed by atoms with Gasteiger partial charge in [0, 0.05) is 17.6 Å². The quantitative estimate of drug-likeness (QED) is 0.853. The largest absolute Gasteiger partial charge is 0.346 e. The minimum Gasteiger partial charge on any atom is -0.346 e. The third-order valence-corrected chi connectivity index (χ3v) is 5.24. The molecule has 0 spiro atoms. The molecular formula is C16H26N4O2S. The van der Waals surface area contributed by atoms with E-state index in [2.05, 4.69) is 10.3 Å². The normalized spacial score (nSPS) is 19.7. The van der Waals surface area contributed by atoms with E-state index in [0.29, 0.717) is 6.54 Å². The fourth-order valence-electron chi connectivity index (χ4n) is 2.70. The van der Waals surface area contributed by atoms with Crippen molar-refractivity contribution < 1.29 is 9.59 Å². The van der Waals surface area contributed by atoms with Gasteiger partial charge in [-0.25, -0.2) is 4.98 Å². The van der Waals surface area contributed by atoms with Gasteiger partial charge in [0.1, 0.15) is 5.01 Å². The van der Waals surface area contributed by atoms with E-state index in [1.165, 1.54) is 0 Å². The summed E-state index contributed by atoms with van der Waals surface area (Å²) in [5, 5.41) is 5.66. The zero-order valence-electron chi connectivity index (χ0n) is 14.0. The van der Waals surface area contributed by atoms with Crippen molar-refractivity contribution in [2.45, 2.75) is 52.1 Å². The van der Waals surface area contributed by atoms with Crippen molar-refractivity contribution in [3.05, 3.63) is 16.1 Å². The number of nitrogens with one attached hydrogen (secondary N) is 1. The molecule has 1 fully saturated rings. The maximum Gasteiger partial charge on any atom is 0.242 e. The van der Waals surface area contributed by atoms with Crippen LogP contribution in [0.3, 0.4) is 0 Å². The third kappa shape index (κ3) is 4.51. The summed E-state index contributed by atoms with van der Waals surface area (Å²) in [4.78, 5) is 30.8. The lowest BCUT2D eigenvalue weighted by Gasteiger charge is -2.34. The summed E-state index contributed by atoms with van der Waals surface area (Å²) in [6.07, 6.45) is 3.02. The number of piperidine rings is 1. The molecule has 0 bridgehead atoms. The number of rotatable bonds is 5. The predicted molar refractivity (Wildman–Crippen MR) is 91.0 cm³/mol. The number of carbonyl (C=O) groups excluding carboxylic acids is 2. The summed E-state index contributed by atoms with van der Waals surface area (Å²) in [6.45, 7) is 6.45. The van der Waals surface area contributed by atoms with Crippen LogP contribution in [-0.4, -0.2) is 40.8 Å². The van der Waals surface area contributed by atoms with Crippen LogP contribution in [0.2, 0.25) is 0 Å². The summed E-state index contributed by atoms with van der Waals surface area (Å²) in [5.74, 6) is -0.287. The number of nitrogens with two attached hydrogens (primary N) is 1. The van der Waals surface area contributed by atoms with Crippen LogP contribution in [0.25, 0.3) is 0 Å². The molecule has 1 aliphatic rings. The number of carbonyl (C=O) groups is 2.